The van der Waals surface area contributed by atoms with Gasteiger partial charge in [-0.3, -0.25) is 4.90 Å². The molecule has 150 valence electrons. The summed E-state index contributed by atoms with van der Waals surface area (Å²) < 4.78 is 5.87. The largest absolute Gasteiger partial charge is 0.396 e. The van der Waals surface area contributed by atoms with Gasteiger partial charge in [0.1, 0.15) is 0 Å². The molecule has 0 amide bonds. The Balaban J connectivity index is 1.45. The first-order valence-electron chi connectivity index (χ1n) is 10.6. The molecule has 0 aromatic carbocycles. The zero-order valence-corrected chi connectivity index (χ0v) is 17.0. The van der Waals surface area contributed by atoms with Crippen LogP contribution in [0, 0.1) is 18.8 Å². The fraction of sp³-hybridized carbons (Fsp3) is 0.810. The van der Waals surface area contributed by atoms with E-state index in [9.17, 15) is 5.11 Å². The van der Waals surface area contributed by atoms with Crippen molar-refractivity contribution in [3.05, 3.63) is 17.5 Å². The molecule has 1 aromatic rings. The number of aromatic nitrogens is 2. The molecule has 4 rings (SSSR count). The Labute approximate surface area is 162 Å². The molecule has 2 saturated heterocycles. The second kappa shape index (κ2) is 8.02. The van der Waals surface area contributed by atoms with E-state index in [1.54, 1.807) is 0 Å². The number of anilines is 1. The van der Waals surface area contributed by atoms with E-state index in [-0.39, 0.29) is 24.7 Å². The number of rotatable bonds is 5. The number of aliphatic hydroxyl groups is 1. The first kappa shape index (κ1) is 19.1. The lowest BCUT2D eigenvalue weighted by atomic mass is 9.83. The molecule has 0 bridgehead atoms. The van der Waals surface area contributed by atoms with Gasteiger partial charge in [-0.1, -0.05) is 6.42 Å². The van der Waals surface area contributed by atoms with Gasteiger partial charge in [-0.25, -0.2) is 9.97 Å². The highest BCUT2D eigenvalue weighted by Gasteiger charge is 2.36. The Morgan fingerprint density at radius 1 is 1.07 bits per heavy atom. The molecule has 6 nitrogen and oxygen atoms in total. The zero-order chi connectivity index (χ0) is 19.0. The summed E-state index contributed by atoms with van der Waals surface area (Å²) in [5.74, 6) is 2.22. The monoisotopic (exact) mass is 374 g/mol. The van der Waals surface area contributed by atoms with Crippen LogP contribution in [0.25, 0.3) is 0 Å². The molecule has 3 heterocycles. The molecule has 3 aliphatic rings. The van der Waals surface area contributed by atoms with Crippen molar-refractivity contribution in [2.75, 3.05) is 44.2 Å². The highest BCUT2D eigenvalue weighted by Crippen LogP contribution is 2.36. The van der Waals surface area contributed by atoms with Crippen LogP contribution in [0.5, 0.6) is 0 Å². The van der Waals surface area contributed by atoms with Crippen LogP contribution in [0.3, 0.4) is 0 Å². The molecule has 1 saturated carbocycles. The fourth-order valence-corrected chi connectivity index (χ4v) is 4.91. The second-order valence-electron chi connectivity index (χ2n) is 8.95. The number of hydrogen-bond donors (Lipinski definition) is 1. The summed E-state index contributed by atoms with van der Waals surface area (Å²) in [5.41, 5.74) is 2.27. The van der Waals surface area contributed by atoms with Gasteiger partial charge >= 0.3 is 0 Å². The quantitative estimate of drug-likeness (QED) is 0.853. The van der Waals surface area contributed by atoms with Gasteiger partial charge in [0.15, 0.2) is 0 Å². The first-order valence-corrected chi connectivity index (χ1v) is 10.6. The SMILES string of the molecule is Cc1cc(C2CCC2)nc(N2CC(CO)C(CN3CC(C)OC(C)C3)C2)n1. The van der Waals surface area contributed by atoms with E-state index in [0.29, 0.717) is 11.8 Å². The second-order valence-corrected chi connectivity index (χ2v) is 8.95. The molecule has 27 heavy (non-hydrogen) atoms. The number of morpholine rings is 1. The van der Waals surface area contributed by atoms with Crippen molar-refractivity contribution in [2.45, 2.75) is 58.2 Å². The Morgan fingerprint density at radius 2 is 1.78 bits per heavy atom. The van der Waals surface area contributed by atoms with E-state index in [4.69, 9.17) is 14.7 Å². The Morgan fingerprint density at radius 3 is 2.41 bits per heavy atom. The predicted octanol–water partition coefficient (Wildman–Crippen LogP) is 2.21. The van der Waals surface area contributed by atoms with Crippen molar-refractivity contribution >= 4 is 5.95 Å². The number of aliphatic hydroxyl groups excluding tert-OH is 1. The summed E-state index contributed by atoms with van der Waals surface area (Å²) in [6, 6.07) is 2.15. The summed E-state index contributed by atoms with van der Waals surface area (Å²) in [6.07, 6.45) is 4.39. The van der Waals surface area contributed by atoms with Crippen LogP contribution in [0.4, 0.5) is 5.95 Å². The Bertz CT molecular complexity index is 641. The highest BCUT2D eigenvalue weighted by molar-refractivity contribution is 5.36. The van der Waals surface area contributed by atoms with E-state index < -0.39 is 0 Å². The van der Waals surface area contributed by atoms with Gasteiger partial charge in [0.2, 0.25) is 5.95 Å². The molecule has 1 aliphatic carbocycles. The maximum Gasteiger partial charge on any atom is 0.225 e. The normalized spacial score (nSPS) is 32.7. The molecule has 1 N–H and O–H groups in total. The highest BCUT2D eigenvalue weighted by atomic mass is 16.5. The van der Waals surface area contributed by atoms with E-state index in [0.717, 1.165) is 44.4 Å². The molecule has 1 aromatic heterocycles. The van der Waals surface area contributed by atoms with Gasteiger partial charge in [0.05, 0.1) is 12.2 Å². The summed E-state index contributed by atoms with van der Waals surface area (Å²) in [4.78, 5) is 14.4. The maximum atomic E-state index is 9.97. The van der Waals surface area contributed by atoms with Gasteiger partial charge in [-0.2, -0.15) is 0 Å². The van der Waals surface area contributed by atoms with Crippen LogP contribution in [0.2, 0.25) is 0 Å². The van der Waals surface area contributed by atoms with E-state index in [1.165, 1.54) is 25.0 Å². The van der Waals surface area contributed by atoms with Crippen molar-refractivity contribution in [1.82, 2.24) is 14.9 Å². The molecule has 0 radical (unpaired) electrons. The number of hydrogen-bond acceptors (Lipinski definition) is 6. The van der Waals surface area contributed by atoms with Crippen LogP contribution in [0.15, 0.2) is 6.07 Å². The van der Waals surface area contributed by atoms with Crippen molar-refractivity contribution in [2.24, 2.45) is 11.8 Å². The van der Waals surface area contributed by atoms with Crippen LogP contribution in [0.1, 0.15) is 50.4 Å². The van der Waals surface area contributed by atoms with E-state index >= 15 is 0 Å². The van der Waals surface area contributed by atoms with Gasteiger partial charge in [0, 0.05) is 62.6 Å². The first-order chi connectivity index (χ1) is 13.0. The van der Waals surface area contributed by atoms with Crippen molar-refractivity contribution in [3.8, 4) is 0 Å². The Hall–Kier alpha value is -1.24. The van der Waals surface area contributed by atoms with Gasteiger partial charge in [-0.05, 0) is 45.6 Å². The summed E-state index contributed by atoms with van der Waals surface area (Å²) in [7, 11) is 0. The van der Waals surface area contributed by atoms with Crippen molar-refractivity contribution in [1.29, 1.82) is 0 Å². The molecular weight excluding hydrogens is 340 g/mol. The molecule has 3 fully saturated rings. The average molecular weight is 375 g/mol. The lowest BCUT2D eigenvalue weighted by Crippen LogP contribution is -2.48. The minimum atomic E-state index is 0.234. The van der Waals surface area contributed by atoms with Crippen LogP contribution in [-0.4, -0.2) is 71.5 Å². The van der Waals surface area contributed by atoms with Crippen LogP contribution >= 0.6 is 0 Å². The van der Waals surface area contributed by atoms with Gasteiger partial charge in [-0.15, -0.1) is 0 Å². The van der Waals surface area contributed by atoms with E-state index in [2.05, 4.69) is 36.6 Å². The van der Waals surface area contributed by atoms with Crippen molar-refractivity contribution in [3.63, 3.8) is 0 Å². The molecule has 2 aliphatic heterocycles. The summed E-state index contributed by atoms with van der Waals surface area (Å²) >= 11 is 0. The standard InChI is InChI=1S/C21H34N4O2/c1-14-7-20(17-5-4-6-17)23-21(22-14)25-11-18(19(12-25)13-26)10-24-8-15(2)27-16(3)9-24/h7,15-19,26H,4-6,8-13H2,1-3H3. The molecule has 0 spiro atoms. The van der Waals surface area contributed by atoms with Crippen LogP contribution in [-0.2, 0) is 4.74 Å². The maximum absolute atomic E-state index is 9.97. The number of ether oxygens (including phenoxy) is 1. The van der Waals surface area contributed by atoms with Gasteiger partial charge < -0.3 is 14.7 Å². The van der Waals surface area contributed by atoms with E-state index in [1.807, 2.05) is 0 Å². The lowest BCUT2D eigenvalue weighted by molar-refractivity contribution is -0.0725. The lowest BCUT2D eigenvalue weighted by Gasteiger charge is -2.37. The molecule has 6 heteroatoms. The Kier molecular flexibility index (Phi) is 5.67. The minimum absolute atomic E-state index is 0.234. The van der Waals surface area contributed by atoms with Gasteiger partial charge in [0.25, 0.3) is 0 Å². The summed E-state index contributed by atoms with van der Waals surface area (Å²) in [5, 5.41) is 9.97. The number of nitrogens with zero attached hydrogens (tertiary/aromatic N) is 4. The molecule has 4 unspecified atom stereocenters. The topological polar surface area (TPSA) is 61.7 Å². The number of aryl methyl sites for hydroxylation is 1. The van der Waals surface area contributed by atoms with Crippen molar-refractivity contribution < 1.29 is 9.84 Å². The average Bonchev–Trinajstić information content (AvgIpc) is 2.94. The summed E-state index contributed by atoms with van der Waals surface area (Å²) in [6.45, 7) is 11.4. The molecular formula is C21H34N4O2. The fourth-order valence-electron chi connectivity index (χ4n) is 4.91. The smallest absolute Gasteiger partial charge is 0.225 e. The third-order valence-corrected chi connectivity index (χ3v) is 6.47. The molecule has 4 atom stereocenters. The zero-order valence-electron chi connectivity index (χ0n) is 17.0. The minimum Gasteiger partial charge on any atom is -0.396 e. The third kappa shape index (κ3) is 4.28. The third-order valence-electron chi connectivity index (χ3n) is 6.47. The predicted molar refractivity (Wildman–Crippen MR) is 106 cm³/mol. The van der Waals surface area contributed by atoms with Crippen LogP contribution < -0.4 is 4.90 Å².